The van der Waals surface area contributed by atoms with Gasteiger partial charge in [-0.1, -0.05) is 6.92 Å². The van der Waals surface area contributed by atoms with Gasteiger partial charge in [0.2, 0.25) is 10.0 Å². The van der Waals surface area contributed by atoms with Gasteiger partial charge in [0.1, 0.15) is 0 Å². The number of anilines is 1. The van der Waals surface area contributed by atoms with Crippen molar-refractivity contribution in [2.45, 2.75) is 26.7 Å². The summed E-state index contributed by atoms with van der Waals surface area (Å²) in [4.78, 5) is 4.97. The van der Waals surface area contributed by atoms with Gasteiger partial charge in [0, 0.05) is 11.1 Å². The summed E-state index contributed by atoms with van der Waals surface area (Å²) >= 11 is 1.35. The Labute approximate surface area is 107 Å². The summed E-state index contributed by atoms with van der Waals surface area (Å²) < 4.78 is 25.8. The molecule has 0 fully saturated rings. The molecule has 17 heavy (non-hydrogen) atoms. The maximum absolute atomic E-state index is 11.7. The van der Waals surface area contributed by atoms with Crippen LogP contribution in [0.15, 0.2) is 6.20 Å². The Bertz CT molecular complexity index is 429. The lowest BCUT2D eigenvalue weighted by molar-refractivity contribution is 0.593. The lowest BCUT2D eigenvalue weighted by atomic mass is 10.3. The van der Waals surface area contributed by atoms with Crippen LogP contribution < -0.4 is 10.0 Å². The van der Waals surface area contributed by atoms with Crippen LogP contribution in [0.25, 0.3) is 0 Å². The Morgan fingerprint density at radius 1 is 1.41 bits per heavy atom. The SMILES string of the molecule is CCNCCCCS(=O)(=O)Nc1ncc(C)s1. The highest BCUT2D eigenvalue weighted by atomic mass is 32.2. The smallest absolute Gasteiger partial charge is 0.234 e. The first-order valence-electron chi connectivity index (χ1n) is 5.67. The number of unbranched alkanes of at least 4 members (excludes halogenated alkanes) is 1. The third-order valence-corrected chi connectivity index (χ3v) is 4.42. The van der Waals surface area contributed by atoms with E-state index in [2.05, 4.69) is 15.0 Å². The van der Waals surface area contributed by atoms with Crippen molar-refractivity contribution in [3.63, 3.8) is 0 Å². The summed E-state index contributed by atoms with van der Waals surface area (Å²) in [6, 6.07) is 0. The molecule has 1 aromatic heterocycles. The van der Waals surface area contributed by atoms with Gasteiger partial charge < -0.3 is 5.32 Å². The van der Waals surface area contributed by atoms with Crippen molar-refractivity contribution in [1.29, 1.82) is 0 Å². The number of sulfonamides is 1. The Morgan fingerprint density at radius 2 is 2.18 bits per heavy atom. The molecule has 0 spiro atoms. The normalized spacial score (nSPS) is 11.6. The van der Waals surface area contributed by atoms with Crippen LogP contribution in [0.3, 0.4) is 0 Å². The van der Waals surface area contributed by atoms with Crippen LogP contribution in [-0.4, -0.2) is 32.2 Å². The van der Waals surface area contributed by atoms with Gasteiger partial charge in [-0.05, 0) is 32.9 Å². The summed E-state index contributed by atoms with van der Waals surface area (Å²) in [5.74, 6) is 0.150. The van der Waals surface area contributed by atoms with E-state index in [1.165, 1.54) is 11.3 Å². The molecule has 0 amide bonds. The maximum atomic E-state index is 11.7. The van der Waals surface area contributed by atoms with Gasteiger partial charge in [-0.2, -0.15) is 0 Å². The predicted molar refractivity (Wildman–Crippen MR) is 72.0 cm³/mol. The third-order valence-electron chi connectivity index (χ3n) is 2.13. The average Bonchev–Trinajstić information content (AvgIpc) is 2.62. The Kier molecular flexibility index (Phi) is 5.87. The van der Waals surface area contributed by atoms with E-state index in [1.807, 2.05) is 13.8 Å². The van der Waals surface area contributed by atoms with Crippen LogP contribution in [-0.2, 0) is 10.0 Å². The zero-order chi connectivity index (χ0) is 12.7. The number of aromatic nitrogens is 1. The minimum atomic E-state index is -3.24. The zero-order valence-corrected chi connectivity index (χ0v) is 11.8. The van der Waals surface area contributed by atoms with Gasteiger partial charge in [-0.15, -0.1) is 11.3 Å². The van der Waals surface area contributed by atoms with Crippen LogP contribution in [0, 0.1) is 6.92 Å². The van der Waals surface area contributed by atoms with E-state index in [4.69, 9.17) is 0 Å². The number of hydrogen-bond acceptors (Lipinski definition) is 5. The monoisotopic (exact) mass is 277 g/mol. The van der Waals surface area contributed by atoms with E-state index in [-0.39, 0.29) is 5.75 Å². The van der Waals surface area contributed by atoms with Crippen molar-refractivity contribution in [3.8, 4) is 0 Å². The van der Waals surface area contributed by atoms with Gasteiger partial charge >= 0.3 is 0 Å². The molecule has 0 atom stereocenters. The fourth-order valence-corrected chi connectivity index (χ4v) is 3.37. The first kappa shape index (κ1) is 14.4. The summed E-state index contributed by atoms with van der Waals surface area (Å²) in [6.45, 7) is 5.71. The highest BCUT2D eigenvalue weighted by molar-refractivity contribution is 7.92. The highest BCUT2D eigenvalue weighted by Gasteiger charge is 2.11. The molecule has 0 aromatic carbocycles. The number of hydrogen-bond donors (Lipinski definition) is 2. The summed E-state index contributed by atoms with van der Waals surface area (Å²) in [5, 5.41) is 3.61. The number of aryl methyl sites for hydroxylation is 1. The fourth-order valence-electron chi connectivity index (χ4n) is 1.30. The predicted octanol–water partition coefficient (Wildman–Crippen LogP) is 1.58. The van der Waals surface area contributed by atoms with Crippen molar-refractivity contribution in [3.05, 3.63) is 11.1 Å². The number of thiazole rings is 1. The van der Waals surface area contributed by atoms with Crippen molar-refractivity contribution < 1.29 is 8.42 Å². The Hall–Kier alpha value is -0.660. The average molecular weight is 277 g/mol. The second-order valence-electron chi connectivity index (χ2n) is 3.76. The molecule has 7 heteroatoms. The molecule has 98 valence electrons. The number of rotatable bonds is 8. The lowest BCUT2D eigenvalue weighted by Gasteiger charge is -2.05. The highest BCUT2D eigenvalue weighted by Crippen LogP contribution is 2.18. The molecule has 2 N–H and O–H groups in total. The van der Waals surface area contributed by atoms with Crippen LogP contribution in [0.4, 0.5) is 5.13 Å². The van der Waals surface area contributed by atoms with Gasteiger partial charge in [0.05, 0.1) is 5.75 Å². The molecule has 1 heterocycles. The maximum Gasteiger partial charge on any atom is 0.234 e. The second-order valence-corrected chi connectivity index (χ2v) is 6.83. The Morgan fingerprint density at radius 3 is 2.76 bits per heavy atom. The van der Waals surface area contributed by atoms with Crippen LogP contribution >= 0.6 is 11.3 Å². The van der Waals surface area contributed by atoms with E-state index in [0.29, 0.717) is 11.6 Å². The molecular formula is C10H19N3O2S2. The van der Waals surface area contributed by atoms with Gasteiger partial charge in [-0.3, -0.25) is 4.72 Å². The first-order valence-corrected chi connectivity index (χ1v) is 8.14. The standard InChI is InChI=1S/C10H19N3O2S2/c1-3-11-6-4-5-7-17(14,15)13-10-12-8-9(2)16-10/h8,11H,3-7H2,1-2H3,(H,12,13). The van der Waals surface area contributed by atoms with Gasteiger partial charge in [0.15, 0.2) is 5.13 Å². The van der Waals surface area contributed by atoms with Crippen LogP contribution in [0.5, 0.6) is 0 Å². The molecule has 1 aromatic rings. The molecule has 0 aliphatic rings. The number of nitrogens with one attached hydrogen (secondary N) is 2. The fraction of sp³-hybridized carbons (Fsp3) is 0.700. The molecule has 0 bridgehead atoms. The van der Waals surface area contributed by atoms with E-state index in [9.17, 15) is 8.42 Å². The molecule has 0 aliphatic heterocycles. The molecule has 0 radical (unpaired) electrons. The van der Waals surface area contributed by atoms with E-state index >= 15 is 0 Å². The van der Waals surface area contributed by atoms with Crippen LogP contribution in [0.2, 0.25) is 0 Å². The van der Waals surface area contributed by atoms with Crippen molar-refractivity contribution in [2.75, 3.05) is 23.6 Å². The summed E-state index contributed by atoms with van der Waals surface area (Å²) in [6.07, 6.45) is 3.19. The van der Waals surface area contributed by atoms with E-state index < -0.39 is 10.0 Å². The first-order chi connectivity index (χ1) is 8.03. The Balaban J connectivity index is 2.31. The van der Waals surface area contributed by atoms with E-state index in [1.54, 1.807) is 6.20 Å². The van der Waals surface area contributed by atoms with Crippen molar-refractivity contribution in [1.82, 2.24) is 10.3 Å². The van der Waals surface area contributed by atoms with Gasteiger partial charge in [0.25, 0.3) is 0 Å². The van der Waals surface area contributed by atoms with Crippen molar-refractivity contribution >= 4 is 26.5 Å². The topological polar surface area (TPSA) is 71.1 Å². The minimum absolute atomic E-state index is 0.150. The molecule has 0 saturated carbocycles. The molecule has 0 unspecified atom stereocenters. The largest absolute Gasteiger partial charge is 0.317 e. The molecule has 5 nitrogen and oxygen atoms in total. The molecule has 0 saturated heterocycles. The lowest BCUT2D eigenvalue weighted by Crippen LogP contribution is -2.19. The van der Waals surface area contributed by atoms with Gasteiger partial charge in [-0.25, -0.2) is 13.4 Å². The molecular weight excluding hydrogens is 258 g/mol. The van der Waals surface area contributed by atoms with Crippen molar-refractivity contribution in [2.24, 2.45) is 0 Å². The minimum Gasteiger partial charge on any atom is -0.317 e. The third kappa shape index (κ3) is 5.99. The summed E-state index contributed by atoms with van der Waals surface area (Å²) in [7, 11) is -3.24. The molecule has 0 aliphatic carbocycles. The zero-order valence-electron chi connectivity index (χ0n) is 10.2. The van der Waals surface area contributed by atoms with Crippen LogP contribution in [0.1, 0.15) is 24.6 Å². The summed E-state index contributed by atoms with van der Waals surface area (Å²) in [5.41, 5.74) is 0. The van der Waals surface area contributed by atoms with E-state index in [0.717, 1.165) is 24.4 Å². The second kappa shape index (κ2) is 6.93. The quantitative estimate of drug-likeness (QED) is 0.708. The number of nitrogens with zero attached hydrogens (tertiary/aromatic N) is 1. The molecule has 1 rings (SSSR count).